The van der Waals surface area contributed by atoms with Crippen LogP contribution in [0.15, 0.2) is 30.5 Å². The molecule has 1 aliphatic rings. The predicted molar refractivity (Wildman–Crippen MR) is 106 cm³/mol. The van der Waals surface area contributed by atoms with Crippen LogP contribution in [0.25, 0.3) is 6.08 Å². The van der Waals surface area contributed by atoms with E-state index in [1.165, 1.54) is 13.2 Å². The molecule has 0 spiro atoms. The Hall–Kier alpha value is -3.73. The van der Waals surface area contributed by atoms with E-state index in [0.717, 1.165) is 10.5 Å². The summed E-state index contributed by atoms with van der Waals surface area (Å²) < 4.78 is 15.8. The van der Waals surface area contributed by atoms with Gasteiger partial charge >= 0.3 is 12.0 Å². The molecule has 1 aliphatic heterocycles. The normalized spacial score (nSPS) is 14.4. The largest absolute Gasteiger partial charge is 0.490 e. The maximum Gasteiger partial charge on any atom is 0.329 e. The summed E-state index contributed by atoms with van der Waals surface area (Å²) >= 11 is 0. The van der Waals surface area contributed by atoms with Crippen molar-refractivity contribution in [3.8, 4) is 23.8 Å². The van der Waals surface area contributed by atoms with Crippen molar-refractivity contribution in [3.63, 3.8) is 0 Å². The minimum atomic E-state index is -0.698. The quantitative estimate of drug-likeness (QED) is 0.224. The fraction of sp³-hybridized carbons (Fsp3) is 0.286. The Bertz CT molecular complexity index is 897. The highest BCUT2D eigenvalue weighted by molar-refractivity contribution is 6.15. The van der Waals surface area contributed by atoms with E-state index >= 15 is 0 Å². The highest BCUT2D eigenvalue weighted by Gasteiger charge is 2.35. The molecular weight excluding hydrogens is 376 g/mol. The van der Waals surface area contributed by atoms with Gasteiger partial charge in [0.1, 0.15) is 18.8 Å². The zero-order chi connectivity index (χ0) is 21.4. The summed E-state index contributed by atoms with van der Waals surface area (Å²) in [7, 11) is 1.18. The molecule has 0 aliphatic carbocycles. The van der Waals surface area contributed by atoms with Crippen LogP contribution in [-0.4, -0.2) is 49.7 Å². The molecule has 1 fully saturated rings. The number of urea groups is 1. The highest BCUT2D eigenvalue weighted by atomic mass is 16.5. The van der Waals surface area contributed by atoms with Gasteiger partial charge in [0.25, 0.3) is 5.91 Å². The van der Waals surface area contributed by atoms with E-state index in [2.05, 4.69) is 22.6 Å². The summed E-state index contributed by atoms with van der Waals surface area (Å²) in [6, 6.07) is 2.76. The number of carbonyl (C=O) groups excluding carboxylic acids is 3. The van der Waals surface area contributed by atoms with Crippen molar-refractivity contribution < 1.29 is 28.6 Å². The lowest BCUT2D eigenvalue weighted by atomic mass is 10.0. The van der Waals surface area contributed by atoms with Crippen LogP contribution < -0.4 is 14.8 Å². The molecule has 0 atom stereocenters. The number of benzene rings is 1. The second kappa shape index (κ2) is 9.99. The summed E-state index contributed by atoms with van der Waals surface area (Å²) in [6.45, 7) is 5.56. The van der Waals surface area contributed by atoms with Gasteiger partial charge in [-0.15, -0.1) is 13.0 Å². The van der Waals surface area contributed by atoms with E-state index in [9.17, 15) is 14.4 Å². The molecule has 1 N–H and O–H groups in total. The molecule has 152 valence electrons. The lowest BCUT2D eigenvalue weighted by molar-refractivity contribution is -0.143. The zero-order valence-corrected chi connectivity index (χ0v) is 16.3. The number of allylic oxidation sites excluding steroid dienone is 1. The summed E-state index contributed by atoms with van der Waals surface area (Å²) in [5, 5.41) is 2.46. The summed E-state index contributed by atoms with van der Waals surface area (Å²) in [5.74, 6) is 2.04. The first-order valence-electron chi connectivity index (χ1n) is 8.83. The fourth-order valence-electron chi connectivity index (χ4n) is 2.69. The maximum atomic E-state index is 12.5. The molecule has 2 rings (SSSR count). The van der Waals surface area contributed by atoms with E-state index in [4.69, 9.17) is 15.9 Å². The fourth-order valence-corrected chi connectivity index (χ4v) is 2.69. The Kier molecular flexibility index (Phi) is 7.43. The topological polar surface area (TPSA) is 94.2 Å². The SMILES string of the molecule is C#CCOc1c(CC=C)cc(/C=C2/NC(=O)N(CC(=O)OC)C2=O)cc1OCC. The minimum absolute atomic E-state index is 0.0307. The number of esters is 1. The van der Waals surface area contributed by atoms with Gasteiger partial charge in [0.2, 0.25) is 0 Å². The average molecular weight is 398 g/mol. The van der Waals surface area contributed by atoms with Crippen molar-refractivity contribution in [2.45, 2.75) is 13.3 Å². The number of carbonyl (C=O) groups is 3. The first-order valence-corrected chi connectivity index (χ1v) is 8.83. The van der Waals surface area contributed by atoms with Gasteiger partial charge in [-0.1, -0.05) is 12.0 Å². The average Bonchev–Trinajstić information content (AvgIpc) is 2.95. The van der Waals surface area contributed by atoms with E-state index in [0.29, 0.717) is 30.1 Å². The predicted octanol–water partition coefficient (Wildman–Crippen LogP) is 1.89. The van der Waals surface area contributed by atoms with Gasteiger partial charge in [0.15, 0.2) is 11.5 Å². The van der Waals surface area contributed by atoms with Crippen LogP contribution in [0.5, 0.6) is 11.5 Å². The number of hydrogen-bond donors (Lipinski definition) is 1. The van der Waals surface area contributed by atoms with Gasteiger partial charge in [-0.3, -0.25) is 9.59 Å². The second-order valence-electron chi connectivity index (χ2n) is 5.88. The smallest absolute Gasteiger partial charge is 0.329 e. The number of ether oxygens (including phenoxy) is 3. The minimum Gasteiger partial charge on any atom is -0.490 e. The van der Waals surface area contributed by atoms with Crippen molar-refractivity contribution >= 4 is 24.0 Å². The number of nitrogens with one attached hydrogen (secondary N) is 1. The number of imide groups is 1. The summed E-state index contributed by atoms with van der Waals surface area (Å²) in [6.07, 6.45) is 8.96. The lowest BCUT2D eigenvalue weighted by Gasteiger charge is -2.15. The number of methoxy groups -OCH3 is 1. The molecule has 0 aromatic heterocycles. The number of amides is 3. The molecule has 3 amide bonds. The molecule has 1 aromatic rings. The molecule has 1 saturated heterocycles. The van der Waals surface area contributed by atoms with Crippen molar-refractivity contribution in [1.82, 2.24) is 10.2 Å². The summed E-state index contributed by atoms with van der Waals surface area (Å²) in [4.78, 5) is 36.7. The zero-order valence-electron chi connectivity index (χ0n) is 16.3. The van der Waals surface area contributed by atoms with Crippen molar-refractivity contribution in [2.75, 3.05) is 26.9 Å². The lowest BCUT2D eigenvalue weighted by Crippen LogP contribution is -2.36. The Balaban J connectivity index is 2.42. The second-order valence-corrected chi connectivity index (χ2v) is 5.88. The maximum absolute atomic E-state index is 12.5. The van der Waals surface area contributed by atoms with Crippen LogP contribution in [-0.2, 0) is 20.7 Å². The third-order valence-electron chi connectivity index (χ3n) is 3.91. The number of hydrogen-bond acceptors (Lipinski definition) is 6. The van der Waals surface area contributed by atoms with Crippen LogP contribution in [0.2, 0.25) is 0 Å². The molecule has 0 saturated carbocycles. The first kappa shape index (κ1) is 21.6. The number of rotatable bonds is 9. The molecule has 1 heterocycles. The molecule has 0 bridgehead atoms. The molecule has 0 radical (unpaired) electrons. The molecule has 8 nitrogen and oxygen atoms in total. The molecule has 1 aromatic carbocycles. The van der Waals surface area contributed by atoms with Crippen LogP contribution in [0.3, 0.4) is 0 Å². The first-order chi connectivity index (χ1) is 13.9. The van der Waals surface area contributed by atoms with E-state index in [1.54, 1.807) is 18.2 Å². The summed E-state index contributed by atoms with van der Waals surface area (Å²) in [5.41, 5.74) is 1.39. The Morgan fingerprint density at radius 1 is 1.34 bits per heavy atom. The number of terminal acetylenes is 1. The third-order valence-corrected chi connectivity index (χ3v) is 3.91. The van der Waals surface area contributed by atoms with Crippen LogP contribution >= 0.6 is 0 Å². The van der Waals surface area contributed by atoms with Crippen molar-refractivity contribution in [3.05, 3.63) is 41.6 Å². The van der Waals surface area contributed by atoms with Crippen LogP contribution in [0, 0.1) is 12.3 Å². The molecule has 29 heavy (non-hydrogen) atoms. The number of nitrogens with zero attached hydrogens (tertiary/aromatic N) is 1. The molecule has 0 unspecified atom stereocenters. The Labute approximate surface area is 169 Å². The monoisotopic (exact) mass is 398 g/mol. The van der Waals surface area contributed by atoms with Crippen molar-refractivity contribution in [1.29, 1.82) is 0 Å². The van der Waals surface area contributed by atoms with Crippen LogP contribution in [0.4, 0.5) is 4.79 Å². The standard InChI is InChI=1S/C21H22N2O6/c1-5-8-15-10-14(12-17(28-7-3)19(15)29-9-6-2)11-16-20(25)23(21(26)22-16)13-18(24)27-4/h2,5,10-12H,1,7-9,13H2,3-4H3,(H,22,26)/b16-11+. The third kappa shape index (κ3) is 5.17. The van der Waals surface area contributed by atoms with Gasteiger partial charge in [-0.25, -0.2) is 9.69 Å². The van der Waals surface area contributed by atoms with E-state index in [1.807, 2.05) is 6.92 Å². The molecule has 8 heteroatoms. The van der Waals surface area contributed by atoms with Gasteiger partial charge < -0.3 is 19.5 Å². The van der Waals surface area contributed by atoms with Crippen molar-refractivity contribution in [2.24, 2.45) is 0 Å². The van der Waals surface area contributed by atoms with E-state index < -0.39 is 24.5 Å². The Morgan fingerprint density at radius 3 is 2.72 bits per heavy atom. The highest BCUT2D eigenvalue weighted by Crippen LogP contribution is 2.34. The van der Waals surface area contributed by atoms with E-state index in [-0.39, 0.29) is 12.3 Å². The van der Waals surface area contributed by atoms with Gasteiger partial charge in [-0.05, 0) is 37.1 Å². The van der Waals surface area contributed by atoms with Gasteiger partial charge in [0.05, 0.1) is 13.7 Å². The Morgan fingerprint density at radius 2 is 2.10 bits per heavy atom. The van der Waals surface area contributed by atoms with Gasteiger partial charge in [-0.2, -0.15) is 0 Å². The van der Waals surface area contributed by atoms with Crippen LogP contribution in [0.1, 0.15) is 18.1 Å². The van der Waals surface area contributed by atoms with Gasteiger partial charge in [0, 0.05) is 5.56 Å². The molecular formula is C21H22N2O6.